The molecule has 4 nitrogen and oxygen atoms in total. The molecule has 0 unspecified atom stereocenters. The second-order valence-corrected chi connectivity index (χ2v) is 6.92. The van der Waals surface area contributed by atoms with Crippen LogP contribution in [0.15, 0.2) is 30.5 Å². The van der Waals surface area contributed by atoms with Gasteiger partial charge in [0.2, 0.25) is 0 Å². The van der Waals surface area contributed by atoms with Gasteiger partial charge in [0.15, 0.2) is 0 Å². The molecule has 2 aromatic rings. The molecular formula is C18H20N2O2. The van der Waals surface area contributed by atoms with E-state index in [0.29, 0.717) is 6.54 Å². The van der Waals surface area contributed by atoms with Crippen LogP contribution in [0.25, 0.3) is 16.5 Å². The first-order chi connectivity index (χ1) is 10.4. The van der Waals surface area contributed by atoms with Crippen molar-refractivity contribution in [3.05, 3.63) is 41.6 Å². The summed E-state index contributed by atoms with van der Waals surface area (Å²) in [7, 11) is 4.11. The Morgan fingerprint density at radius 1 is 1.36 bits per heavy atom. The number of likely N-dealkylation sites (N-methyl/N-ethyl adjacent to an activating group) is 1. The number of benzene rings is 1. The number of hydrogen-bond acceptors (Lipinski definition) is 2. The number of carbonyl (C=O) groups is 1. The molecule has 0 spiro atoms. The molecule has 0 bridgehead atoms. The van der Waals surface area contributed by atoms with Gasteiger partial charge in [-0.3, -0.25) is 9.69 Å². The summed E-state index contributed by atoms with van der Waals surface area (Å²) in [6.07, 6.45) is 5.15. The standard InChI is InChI=1S/C18H20N2O2/c1-18(17(21)22)8-13-12-5-4-6-14-16(12)11(9-19(14)2)7-15(13)20(3)10-18/h4-6,8-9,15H,7,10H2,1-3H3,(H,21,22)/t15-,18-/m1/s1. The van der Waals surface area contributed by atoms with Gasteiger partial charge in [-0.2, -0.15) is 0 Å². The van der Waals surface area contributed by atoms with E-state index in [4.69, 9.17) is 0 Å². The molecule has 1 aromatic carbocycles. The summed E-state index contributed by atoms with van der Waals surface area (Å²) in [5, 5.41) is 10.9. The molecule has 0 saturated heterocycles. The smallest absolute Gasteiger partial charge is 0.314 e. The zero-order chi connectivity index (χ0) is 15.6. The fraction of sp³-hybridized carbons (Fsp3) is 0.389. The van der Waals surface area contributed by atoms with E-state index in [1.807, 2.05) is 20.0 Å². The fourth-order valence-electron chi connectivity index (χ4n) is 4.15. The number of carboxylic acids is 1. The lowest BCUT2D eigenvalue weighted by Crippen LogP contribution is -2.49. The first kappa shape index (κ1) is 13.6. The lowest BCUT2D eigenvalue weighted by Gasteiger charge is -2.42. The largest absolute Gasteiger partial charge is 0.481 e. The Kier molecular flexibility index (Phi) is 2.61. The molecule has 0 radical (unpaired) electrons. The summed E-state index contributed by atoms with van der Waals surface area (Å²) >= 11 is 0. The normalized spacial score (nSPS) is 27.6. The number of hydrogen-bond donors (Lipinski definition) is 1. The zero-order valence-electron chi connectivity index (χ0n) is 13.1. The van der Waals surface area contributed by atoms with Gasteiger partial charge in [0, 0.05) is 36.7 Å². The number of aryl methyl sites for hydroxylation is 1. The van der Waals surface area contributed by atoms with Crippen molar-refractivity contribution in [1.82, 2.24) is 9.47 Å². The molecule has 0 saturated carbocycles. The van der Waals surface area contributed by atoms with Gasteiger partial charge < -0.3 is 9.67 Å². The van der Waals surface area contributed by atoms with Gasteiger partial charge in [-0.25, -0.2) is 0 Å². The molecule has 1 aromatic heterocycles. The molecule has 4 heteroatoms. The van der Waals surface area contributed by atoms with Gasteiger partial charge in [-0.05, 0) is 43.2 Å². The van der Waals surface area contributed by atoms with E-state index < -0.39 is 11.4 Å². The second kappa shape index (κ2) is 4.23. The van der Waals surface area contributed by atoms with Crippen molar-refractivity contribution < 1.29 is 9.90 Å². The third kappa shape index (κ3) is 1.64. The van der Waals surface area contributed by atoms with Gasteiger partial charge in [0.05, 0.1) is 5.41 Å². The Bertz CT molecular complexity index is 833. The Morgan fingerprint density at radius 2 is 2.14 bits per heavy atom. The Hall–Kier alpha value is -2.07. The summed E-state index contributed by atoms with van der Waals surface area (Å²) in [6, 6.07) is 6.60. The minimum atomic E-state index is -0.824. The van der Waals surface area contributed by atoms with Crippen LogP contribution in [-0.2, 0) is 18.3 Å². The van der Waals surface area contributed by atoms with Crippen LogP contribution in [0.1, 0.15) is 18.1 Å². The Labute approximate surface area is 129 Å². The molecule has 1 aliphatic carbocycles. The summed E-state index contributed by atoms with van der Waals surface area (Å²) in [6.45, 7) is 2.37. The third-order valence-electron chi connectivity index (χ3n) is 5.25. The molecule has 0 fully saturated rings. The van der Waals surface area contributed by atoms with Crippen molar-refractivity contribution in [2.45, 2.75) is 19.4 Å². The maximum atomic E-state index is 11.7. The second-order valence-electron chi connectivity index (χ2n) is 6.92. The van der Waals surface area contributed by atoms with Crippen LogP contribution >= 0.6 is 0 Å². The lowest BCUT2D eigenvalue weighted by atomic mass is 9.75. The predicted octanol–water partition coefficient (Wildman–Crippen LogP) is 2.52. The van der Waals surface area contributed by atoms with Gasteiger partial charge in [0.1, 0.15) is 0 Å². The molecule has 114 valence electrons. The van der Waals surface area contributed by atoms with Crippen molar-refractivity contribution in [2.24, 2.45) is 12.5 Å². The van der Waals surface area contributed by atoms with Crippen LogP contribution in [0.4, 0.5) is 0 Å². The maximum Gasteiger partial charge on any atom is 0.314 e. The topological polar surface area (TPSA) is 45.5 Å². The van der Waals surface area contributed by atoms with E-state index in [1.165, 1.54) is 27.6 Å². The van der Waals surface area contributed by atoms with E-state index in [1.54, 1.807) is 0 Å². The summed E-state index contributed by atoms with van der Waals surface area (Å²) < 4.78 is 2.17. The number of rotatable bonds is 1. The highest BCUT2D eigenvalue weighted by Gasteiger charge is 2.42. The van der Waals surface area contributed by atoms with Crippen molar-refractivity contribution in [2.75, 3.05) is 13.6 Å². The predicted molar refractivity (Wildman–Crippen MR) is 86.8 cm³/mol. The average Bonchev–Trinajstić information content (AvgIpc) is 2.78. The average molecular weight is 296 g/mol. The Balaban J connectivity index is 2.01. The first-order valence-electron chi connectivity index (χ1n) is 7.64. The molecule has 4 rings (SSSR count). The highest BCUT2D eigenvalue weighted by atomic mass is 16.4. The van der Waals surface area contributed by atoms with Crippen molar-refractivity contribution in [1.29, 1.82) is 0 Å². The van der Waals surface area contributed by atoms with Crippen molar-refractivity contribution in [3.63, 3.8) is 0 Å². The van der Waals surface area contributed by atoms with Gasteiger partial charge >= 0.3 is 5.97 Å². The van der Waals surface area contributed by atoms with Crippen LogP contribution < -0.4 is 0 Å². The molecule has 0 amide bonds. The number of aromatic nitrogens is 1. The molecule has 22 heavy (non-hydrogen) atoms. The molecule has 1 aliphatic heterocycles. The molecule has 1 N–H and O–H groups in total. The van der Waals surface area contributed by atoms with Crippen LogP contribution in [0.2, 0.25) is 0 Å². The van der Waals surface area contributed by atoms with Gasteiger partial charge in [-0.1, -0.05) is 18.2 Å². The first-order valence-corrected chi connectivity index (χ1v) is 7.64. The van der Waals surface area contributed by atoms with E-state index in [-0.39, 0.29) is 6.04 Å². The van der Waals surface area contributed by atoms with Crippen LogP contribution in [0, 0.1) is 5.41 Å². The molecular weight excluding hydrogens is 276 g/mol. The van der Waals surface area contributed by atoms with E-state index in [9.17, 15) is 9.90 Å². The van der Waals surface area contributed by atoms with E-state index >= 15 is 0 Å². The molecule has 2 aliphatic rings. The quantitative estimate of drug-likeness (QED) is 0.879. The fourth-order valence-corrected chi connectivity index (χ4v) is 4.15. The van der Waals surface area contributed by atoms with Crippen molar-refractivity contribution >= 4 is 22.4 Å². The van der Waals surface area contributed by atoms with E-state index in [0.717, 1.165) is 6.42 Å². The lowest BCUT2D eigenvalue weighted by molar-refractivity contribution is -0.146. The van der Waals surface area contributed by atoms with E-state index in [2.05, 4.69) is 40.9 Å². The summed E-state index contributed by atoms with van der Waals surface area (Å²) in [5.41, 5.74) is 4.12. The van der Waals surface area contributed by atoms with Gasteiger partial charge in [0.25, 0.3) is 0 Å². The van der Waals surface area contributed by atoms with Crippen molar-refractivity contribution in [3.8, 4) is 0 Å². The Morgan fingerprint density at radius 3 is 2.86 bits per heavy atom. The highest BCUT2D eigenvalue weighted by Crippen LogP contribution is 2.43. The number of aliphatic carboxylic acids is 1. The van der Waals surface area contributed by atoms with Crippen LogP contribution in [0.5, 0.6) is 0 Å². The summed E-state index contributed by atoms with van der Waals surface area (Å²) in [5.74, 6) is -0.753. The highest BCUT2D eigenvalue weighted by molar-refractivity contribution is 5.99. The molecule has 2 heterocycles. The minimum absolute atomic E-state index is 0.271. The van der Waals surface area contributed by atoms with Gasteiger partial charge in [-0.15, -0.1) is 0 Å². The SMILES string of the molecule is CN1C[C@](C)(C(=O)O)C=C2c3cccc4c3c(cn4C)C[C@H]21. The maximum absolute atomic E-state index is 11.7. The number of carboxylic acid groups (broad SMARTS) is 1. The molecule has 2 atom stereocenters. The third-order valence-corrected chi connectivity index (χ3v) is 5.25. The monoisotopic (exact) mass is 296 g/mol. The number of nitrogens with zero attached hydrogens (tertiary/aromatic N) is 2. The number of fused-ring (bicyclic) bond motifs is 2. The van der Waals surface area contributed by atoms with Crippen LogP contribution in [-0.4, -0.2) is 40.2 Å². The minimum Gasteiger partial charge on any atom is -0.481 e. The zero-order valence-corrected chi connectivity index (χ0v) is 13.1. The summed E-state index contributed by atoms with van der Waals surface area (Å²) in [4.78, 5) is 13.9. The van der Waals surface area contributed by atoms with Crippen LogP contribution in [0.3, 0.4) is 0 Å².